The molecule has 1 aliphatic carbocycles. The summed E-state index contributed by atoms with van der Waals surface area (Å²) in [5.41, 5.74) is 0.986. The third-order valence-corrected chi connectivity index (χ3v) is 4.24. The first-order chi connectivity index (χ1) is 10.7. The fourth-order valence-corrected chi connectivity index (χ4v) is 2.43. The molecule has 6 nitrogen and oxygen atoms in total. The van der Waals surface area contributed by atoms with Crippen LogP contribution >= 0.6 is 39.9 Å². The summed E-state index contributed by atoms with van der Waals surface area (Å²) in [6.07, 6.45) is 1.21. The van der Waals surface area contributed by atoms with E-state index < -0.39 is 0 Å². The second kappa shape index (κ2) is 8.09. The quantitative estimate of drug-likeness (QED) is 0.350. The maximum absolute atomic E-state index is 4.50. The van der Waals surface area contributed by atoms with Crippen molar-refractivity contribution in [3.63, 3.8) is 0 Å². The summed E-state index contributed by atoms with van der Waals surface area (Å²) in [4.78, 5) is 8.72. The Morgan fingerprint density at radius 2 is 2.09 bits per heavy atom. The largest absolute Gasteiger partial charge is 0.353 e. The summed E-state index contributed by atoms with van der Waals surface area (Å²) in [5.74, 6) is 3.01. The first kappa shape index (κ1) is 18.2. The number of H-pyrrole nitrogens is 1. The van der Waals surface area contributed by atoms with Gasteiger partial charge >= 0.3 is 0 Å². The Bertz CT molecular complexity index is 669. The molecule has 2 aromatic rings. The van der Waals surface area contributed by atoms with Crippen LogP contribution in [0.3, 0.4) is 0 Å². The van der Waals surface area contributed by atoms with Crippen LogP contribution in [0.25, 0.3) is 11.4 Å². The molecule has 0 amide bonds. The minimum Gasteiger partial charge on any atom is -0.353 e. The summed E-state index contributed by atoms with van der Waals surface area (Å²) in [6.45, 7) is 2.79. The second-order valence-electron chi connectivity index (χ2n) is 5.50. The number of aliphatic imine (C=N–C) groups is 1. The van der Waals surface area contributed by atoms with Crippen molar-refractivity contribution in [1.29, 1.82) is 0 Å². The lowest BCUT2D eigenvalue weighted by Gasteiger charge is -2.09. The number of nitrogens with zero attached hydrogens (tertiary/aromatic N) is 3. The maximum atomic E-state index is 4.50. The molecule has 23 heavy (non-hydrogen) atoms. The van der Waals surface area contributed by atoms with Gasteiger partial charge in [-0.3, -0.25) is 10.1 Å². The molecule has 2 unspecified atom stereocenters. The molecular weight excluding hydrogens is 471 g/mol. The van der Waals surface area contributed by atoms with E-state index >= 15 is 0 Å². The van der Waals surface area contributed by atoms with Crippen molar-refractivity contribution in [2.75, 3.05) is 7.05 Å². The molecule has 0 aliphatic heterocycles. The minimum absolute atomic E-state index is 0. The van der Waals surface area contributed by atoms with Gasteiger partial charge in [-0.15, -0.1) is 24.0 Å². The van der Waals surface area contributed by atoms with Gasteiger partial charge in [0.1, 0.15) is 5.82 Å². The Labute approximate surface area is 161 Å². The fraction of sp³-hybridized carbons (Fsp3) is 0.400. The van der Waals surface area contributed by atoms with Gasteiger partial charge in [0, 0.05) is 23.1 Å². The van der Waals surface area contributed by atoms with Crippen LogP contribution in [0.5, 0.6) is 0 Å². The van der Waals surface area contributed by atoms with Gasteiger partial charge < -0.3 is 10.6 Å². The lowest BCUT2D eigenvalue weighted by molar-refractivity contribution is 0.746. The van der Waals surface area contributed by atoms with Gasteiger partial charge in [-0.2, -0.15) is 5.10 Å². The standard InChI is InChI=1S/C15H19BrN6.HI/c1-9-7-12(9)19-15(17-2)18-8-13-20-14(22-21-13)10-3-5-11(16)6-4-10;/h3-6,9,12H,7-8H2,1-2H3,(H2,17,18,19)(H,20,21,22);1H. The highest BCUT2D eigenvalue weighted by Gasteiger charge is 2.33. The molecule has 3 N–H and O–H groups in total. The molecule has 124 valence electrons. The van der Waals surface area contributed by atoms with Crippen molar-refractivity contribution in [2.45, 2.75) is 25.9 Å². The summed E-state index contributed by atoms with van der Waals surface area (Å²) in [6, 6.07) is 8.47. The third-order valence-electron chi connectivity index (χ3n) is 3.71. The molecule has 0 bridgehead atoms. The molecule has 8 heteroatoms. The number of nitrogens with one attached hydrogen (secondary N) is 3. The summed E-state index contributed by atoms with van der Waals surface area (Å²) >= 11 is 3.42. The van der Waals surface area contributed by atoms with E-state index in [2.05, 4.69) is 53.7 Å². The van der Waals surface area contributed by atoms with E-state index in [1.54, 1.807) is 7.05 Å². The molecule has 0 radical (unpaired) electrons. The van der Waals surface area contributed by atoms with Crippen LogP contribution in [0, 0.1) is 5.92 Å². The molecule has 0 saturated heterocycles. The SMILES string of the molecule is CN=C(NCc1nc(-c2ccc(Br)cc2)n[nH]1)NC1CC1C.I. The molecule has 2 atom stereocenters. The van der Waals surface area contributed by atoms with Crippen LogP contribution in [0.4, 0.5) is 0 Å². The van der Waals surface area contributed by atoms with Gasteiger partial charge in [0.25, 0.3) is 0 Å². The Morgan fingerprint density at radius 3 is 2.70 bits per heavy atom. The van der Waals surface area contributed by atoms with Gasteiger partial charge in [0.05, 0.1) is 6.54 Å². The predicted molar refractivity (Wildman–Crippen MR) is 106 cm³/mol. The van der Waals surface area contributed by atoms with Gasteiger partial charge in [-0.25, -0.2) is 4.98 Å². The predicted octanol–water partition coefficient (Wildman–Crippen LogP) is 2.93. The van der Waals surface area contributed by atoms with E-state index in [0.29, 0.717) is 18.4 Å². The number of halogens is 2. The van der Waals surface area contributed by atoms with E-state index in [0.717, 1.165) is 27.7 Å². The first-order valence-corrected chi connectivity index (χ1v) is 8.09. The number of hydrogen-bond acceptors (Lipinski definition) is 3. The van der Waals surface area contributed by atoms with Crippen LogP contribution in [-0.4, -0.2) is 34.2 Å². The van der Waals surface area contributed by atoms with Crippen molar-refractivity contribution < 1.29 is 0 Å². The Balaban J connectivity index is 0.00000192. The maximum Gasteiger partial charge on any atom is 0.191 e. The number of aromatic amines is 1. The average molecular weight is 491 g/mol. The molecule has 3 rings (SSSR count). The van der Waals surface area contributed by atoms with Crippen molar-refractivity contribution in [3.05, 3.63) is 34.6 Å². The van der Waals surface area contributed by atoms with E-state index in [-0.39, 0.29) is 24.0 Å². The number of rotatable bonds is 4. The molecule has 0 spiro atoms. The fourth-order valence-electron chi connectivity index (χ4n) is 2.16. The average Bonchev–Trinajstić information content (AvgIpc) is 3.01. The van der Waals surface area contributed by atoms with Crippen LogP contribution in [0.15, 0.2) is 33.7 Å². The van der Waals surface area contributed by atoms with Crippen molar-refractivity contribution >= 4 is 45.9 Å². The lowest BCUT2D eigenvalue weighted by atomic mass is 10.2. The molecule has 1 fully saturated rings. The number of aromatic nitrogens is 3. The summed E-state index contributed by atoms with van der Waals surface area (Å²) < 4.78 is 1.04. The van der Waals surface area contributed by atoms with Gasteiger partial charge in [0.2, 0.25) is 0 Å². The molecule has 1 aromatic heterocycles. The zero-order chi connectivity index (χ0) is 15.5. The van der Waals surface area contributed by atoms with Crippen LogP contribution in [0.1, 0.15) is 19.2 Å². The smallest absolute Gasteiger partial charge is 0.191 e. The topological polar surface area (TPSA) is 78.0 Å². The second-order valence-corrected chi connectivity index (χ2v) is 6.42. The first-order valence-electron chi connectivity index (χ1n) is 7.30. The Hall–Kier alpha value is -1.16. The van der Waals surface area contributed by atoms with Crippen LogP contribution in [0.2, 0.25) is 0 Å². The minimum atomic E-state index is 0. The molecule has 1 aliphatic rings. The zero-order valence-corrected chi connectivity index (χ0v) is 16.9. The normalized spacial score (nSPS) is 19.9. The van der Waals surface area contributed by atoms with E-state index in [4.69, 9.17) is 0 Å². The third kappa shape index (κ3) is 4.90. The zero-order valence-electron chi connectivity index (χ0n) is 13.0. The van der Waals surface area contributed by atoms with Crippen LogP contribution < -0.4 is 10.6 Å². The monoisotopic (exact) mass is 490 g/mol. The number of hydrogen-bond donors (Lipinski definition) is 3. The van der Waals surface area contributed by atoms with Gasteiger partial charge in [-0.05, 0) is 24.5 Å². The molecule has 1 aromatic carbocycles. The summed E-state index contributed by atoms with van der Waals surface area (Å²) in [5, 5.41) is 13.8. The van der Waals surface area contributed by atoms with E-state index in [9.17, 15) is 0 Å². The molecule has 1 saturated carbocycles. The van der Waals surface area contributed by atoms with E-state index in [1.807, 2.05) is 24.3 Å². The van der Waals surface area contributed by atoms with Crippen molar-refractivity contribution in [1.82, 2.24) is 25.8 Å². The highest BCUT2D eigenvalue weighted by Crippen LogP contribution is 2.28. The van der Waals surface area contributed by atoms with Crippen molar-refractivity contribution in [2.24, 2.45) is 10.9 Å². The molecular formula is C15H20BrIN6. The van der Waals surface area contributed by atoms with Crippen LogP contribution in [-0.2, 0) is 6.54 Å². The highest BCUT2D eigenvalue weighted by molar-refractivity contribution is 14.0. The lowest BCUT2D eigenvalue weighted by Crippen LogP contribution is -2.38. The highest BCUT2D eigenvalue weighted by atomic mass is 127. The van der Waals surface area contributed by atoms with Gasteiger partial charge in [0.15, 0.2) is 11.8 Å². The van der Waals surface area contributed by atoms with Crippen molar-refractivity contribution in [3.8, 4) is 11.4 Å². The molecule has 1 heterocycles. The van der Waals surface area contributed by atoms with Gasteiger partial charge in [-0.1, -0.05) is 35.0 Å². The Morgan fingerprint density at radius 1 is 1.39 bits per heavy atom. The summed E-state index contributed by atoms with van der Waals surface area (Å²) in [7, 11) is 1.77. The Kier molecular flexibility index (Phi) is 6.40. The number of guanidine groups is 1. The van der Waals surface area contributed by atoms with E-state index in [1.165, 1.54) is 6.42 Å². The number of benzene rings is 1.